The van der Waals surface area contributed by atoms with E-state index in [1.807, 2.05) is 18.2 Å². The van der Waals surface area contributed by atoms with E-state index in [4.69, 9.17) is 53.6 Å². The van der Waals surface area contributed by atoms with Crippen molar-refractivity contribution in [2.75, 3.05) is 7.11 Å². The van der Waals surface area contributed by atoms with Crippen LogP contribution in [-0.2, 0) is 16.2 Å². The Hall–Kier alpha value is -3.52. The molecule has 1 fully saturated rings. The summed E-state index contributed by atoms with van der Waals surface area (Å²) in [5, 5.41) is 10.0. The molecule has 7 nitrogen and oxygen atoms in total. The van der Waals surface area contributed by atoms with Gasteiger partial charge in [0.15, 0.2) is 6.10 Å². The number of rotatable bonds is 8. The second-order valence-corrected chi connectivity index (χ2v) is 10.9. The molecule has 4 aromatic rings. The maximum absolute atomic E-state index is 11.9. The van der Waals surface area contributed by atoms with Gasteiger partial charge in [0.05, 0.1) is 39.0 Å². The zero-order valence-corrected chi connectivity index (χ0v) is 23.6. The topological polar surface area (TPSA) is 83.2 Å². The summed E-state index contributed by atoms with van der Waals surface area (Å²) in [5.74, 6) is 1.29. The molecule has 1 saturated carbocycles. The summed E-state index contributed by atoms with van der Waals surface area (Å²) in [6.07, 6.45) is 2.24. The number of halogens is 3. The number of oxime groups is 1. The average Bonchev–Trinajstić information content (AvgIpc) is 3.53. The van der Waals surface area contributed by atoms with E-state index >= 15 is 0 Å². The Morgan fingerprint density at radius 3 is 2.50 bits per heavy atom. The first-order valence-electron chi connectivity index (χ1n) is 12.7. The van der Waals surface area contributed by atoms with Gasteiger partial charge in [0, 0.05) is 23.5 Å². The third-order valence-electron chi connectivity index (χ3n) is 6.95. The number of carbonyl (C=O) groups excluding carboxylic acids is 1. The number of benzene rings is 3. The molecule has 204 valence electrons. The highest BCUT2D eigenvalue weighted by atomic mass is 35.5. The van der Waals surface area contributed by atoms with Crippen LogP contribution in [0.1, 0.15) is 64.1 Å². The van der Waals surface area contributed by atoms with Gasteiger partial charge in [-0.3, -0.25) is 0 Å². The Bertz CT molecular complexity index is 1610. The molecular weight excluding hydrogens is 575 g/mol. The van der Waals surface area contributed by atoms with Gasteiger partial charge < -0.3 is 18.8 Å². The summed E-state index contributed by atoms with van der Waals surface area (Å²) in [5.41, 5.74) is 4.76. The van der Waals surface area contributed by atoms with Crippen molar-refractivity contribution in [3.05, 3.63) is 104 Å². The van der Waals surface area contributed by atoms with E-state index in [1.54, 1.807) is 42.5 Å². The second kappa shape index (κ2) is 11.2. The van der Waals surface area contributed by atoms with Gasteiger partial charge in [0.25, 0.3) is 0 Å². The highest BCUT2D eigenvalue weighted by molar-refractivity contribution is 6.39. The molecule has 1 aliphatic heterocycles. The van der Waals surface area contributed by atoms with Crippen molar-refractivity contribution in [1.82, 2.24) is 5.16 Å². The van der Waals surface area contributed by atoms with Crippen LogP contribution in [-0.4, -0.2) is 23.9 Å². The Morgan fingerprint density at radius 1 is 1.00 bits per heavy atom. The summed E-state index contributed by atoms with van der Waals surface area (Å²) in [7, 11) is 1.35. The lowest BCUT2D eigenvalue weighted by Crippen LogP contribution is -2.05. The van der Waals surface area contributed by atoms with Crippen LogP contribution in [0, 0.1) is 0 Å². The molecule has 0 bridgehead atoms. The van der Waals surface area contributed by atoms with Gasteiger partial charge in [-0.25, -0.2) is 4.79 Å². The molecule has 1 aliphatic carbocycles. The SMILES string of the molecule is COC(=O)c1cccc(C2CC(c3ccc(OCc4c(-c5c(Cl)cccc5Cl)noc4C4CC4)cc3Cl)=NO2)c1. The van der Waals surface area contributed by atoms with Crippen molar-refractivity contribution in [3.63, 3.8) is 0 Å². The molecule has 1 aromatic heterocycles. The fraction of sp³-hybridized carbons (Fsp3) is 0.233. The van der Waals surface area contributed by atoms with E-state index in [9.17, 15) is 4.79 Å². The number of carbonyl (C=O) groups is 1. The third kappa shape index (κ3) is 5.29. The van der Waals surface area contributed by atoms with Crippen LogP contribution >= 0.6 is 34.8 Å². The Balaban J connectivity index is 1.18. The minimum Gasteiger partial charge on any atom is -0.489 e. The number of nitrogens with zero attached hydrogens (tertiary/aromatic N) is 2. The van der Waals surface area contributed by atoms with E-state index < -0.39 is 5.97 Å². The van der Waals surface area contributed by atoms with E-state index in [0.29, 0.717) is 55.7 Å². The van der Waals surface area contributed by atoms with Crippen molar-refractivity contribution in [1.29, 1.82) is 0 Å². The summed E-state index contributed by atoms with van der Waals surface area (Å²) < 4.78 is 16.7. The Kier molecular flexibility index (Phi) is 7.45. The third-order valence-corrected chi connectivity index (χ3v) is 7.89. The molecule has 0 radical (unpaired) electrons. The molecule has 6 rings (SSSR count). The highest BCUT2D eigenvalue weighted by Gasteiger charge is 2.34. The summed E-state index contributed by atoms with van der Waals surface area (Å²) in [4.78, 5) is 17.6. The monoisotopic (exact) mass is 596 g/mol. The molecular formula is C30H23Cl3N2O5. The molecule has 40 heavy (non-hydrogen) atoms. The summed E-state index contributed by atoms with van der Waals surface area (Å²) >= 11 is 19.6. The number of esters is 1. The molecule has 0 amide bonds. The van der Waals surface area contributed by atoms with Crippen LogP contribution in [0.4, 0.5) is 0 Å². The lowest BCUT2D eigenvalue weighted by atomic mass is 9.99. The fourth-order valence-electron chi connectivity index (χ4n) is 4.72. The molecule has 2 heterocycles. The van der Waals surface area contributed by atoms with Crippen LogP contribution in [0.2, 0.25) is 15.1 Å². The van der Waals surface area contributed by atoms with Crippen LogP contribution in [0.5, 0.6) is 5.75 Å². The largest absolute Gasteiger partial charge is 0.489 e. The average molecular weight is 598 g/mol. The molecule has 10 heteroatoms. The lowest BCUT2D eigenvalue weighted by Gasteiger charge is -2.11. The van der Waals surface area contributed by atoms with E-state index in [1.165, 1.54) is 7.11 Å². The van der Waals surface area contributed by atoms with Gasteiger partial charge in [-0.05, 0) is 60.9 Å². The number of ether oxygens (including phenoxy) is 2. The van der Waals surface area contributed by atoms with Crippen LogP contribution in [0.25, 0.3) is 11.3 Å². The normalized spacial score (nSPS) is 16.4. The first-order valence-corrected chi connectivity index (χ1v) is 13.8. The molecule has 3 aromatic carbocycles. The first kappa shape index (κ1) is 26.7. The predicted octanol–water partition coefficient (Wildman–Crippen LogP) is 8.41. The van der Waals surface area contributed by atoms with E-state index in [2.05, 4.69) is 10.3 Å². The highest BCUT2D eigenvalue weighted by Crippen LogP contribution is 2.46. The standard InChI is InChI=1S/C30H23Cl3N2O5/c1-37-30(36)18-5-2-4-17(12-18)26-14-25(34-39-26)20-11-10-19(13-24(20)33)38-15-21-28(35-40-29(21)16-8-9-16)27-22(31)6-3-7-23(27)32/h2-7,10-13,16,26H,8-9,14-15H2,1H3. The molecule has 1 atom stereocenters. The van der Waals surface area contributed by atoms with Gasteiger partial charge >= 0.3 is 5.97 Å². The molecule has 0 spiro atoms. The minimum atomic E-state index is -0.405. The van der Waals surface area contributed by atoms with Crippen molar-refractivity contribution in [2.45, 2.75) is 37.9 Å². The smallest absolute Gasteiger partial charge is 0.337 e. The van der Waals surface area contributed by atoms with E-state index in [-0.39, 0.29) is 12.7 Å². The summed E-state index contributed by atoms with van der Waals surface area (Å²) in [6.45, 7) is 0.213. The van der Waals surface area contributed by atoms with Crippen molar-refractivity contribution < 1.29 is 23.6 Å². The predicted molar refractivity (Wildman–Crippen MR) is 152 cm³/mol. The van der Waals surface area contributed by atoms with Crippen molar-refractivity contribution in [2.24, 2.45) is 5.16 Å². The summed E-state index contributed by atoms with van der Waals surface area (Å²) in [6, 6.07) is 17.9. The van der Waals surface area contributed by atoms with Crippen LogP contribution in [0.3, 0.4) is 0 Å². The molecule has 0 saturated heterocycles. The van der Waals surface area contributed by atoms with Gasteiger partial charge in [-0.15, -0.1) is 0 Å². The zero-order valence-electron chi connectivity index (χ0n) is 21.3. The fourth-order valence-corrected chi connectivity index (χ4v) is 5.58. The Morgan fingerprint density at radius 2 is 1.77 bits per heavy atom. The van der Waals surface area contributed by atoms with Gasteiger partial charge in [-0.2, -0.15) is 0 Å². The molecule has 1 unspecified atom stereocenters. The number of hydrogen-bond acceptors (Lipinski definition) is 7. The van der Waals surface area contributed by atoms with Gasteiger partial charge in [0.2, 0.25) is 0 Å². The molecule has 0 N–H and O–H groups in total. The zero-order chi connectivity index (χ0) is 27.8. The number of hydrogen-bond donors (Lipinski definition) is 0. The number of aromatic nitrogens is 1. The number of methoxy groups -OCH3 is 1. The van der Waals surface area contributed by atoms with Crippen LogP contribution in [0.15, 0.2) is 70.3 Å². The van der Waals surface area contributed by atoms with Gasteiger partial charge in [0.1, 0.15) is 23.8 Å². The van der Waals surface area contributed by atoms with Crippen molar-refractivity contribution >= 4 is 46.5 Å². The first-order chi connectivity index (χ1) is 19.4. The second-order valence-electron chi connectivity index (χ2n) is 9.63. The van der Waals surface area contributed by atoms with Crippen molar-refractivity contribution in [3.8, 4) is 17.0 Å². The maximum atomic E-state index is 11.9. The van der Waals surface area contributed by atoms with E-state index in [0.717, 1.165) is 35.3 Å². The maximum Gasteiger partial charge on any atom is 0.337 e. The van der Waals surface area contributed by atoms with Gasteiger partial charge in [-0.1, -0.05) is 63.3 Å². The lowest BCUT2D eigenvalue weighted by molar-refractivity contribution is 0.0599. The quantitative estimate of drug-likeness (QED) is 0.190. The molecule has 2 aliphatic rings. The van der Waals surface area contributed by atoms with Crippen LogP contribution < -0.4 is 4.74 Å². The minimum absolute atomic E-state index is 0.213. The Labute approximate surface area is 245 Å².